The molecular formula is C16H16F3NO. The largest absolute Gasteiger partial charge is 0.451 e. The van der Waals surface area contributed by atoms with Gasteiger partial charge in [0.25, 0.3) is 0 Å². The number of rotatable bonds is 5. The Morgan fingerprint density at radius 1 is 1.10 bits per heavy atom. The first-order chi connectivity index (χ1) is 10.0. The first kappa shape index (κ1) is 15.4. The minimum atomic E-state index is -0.875. The van der Waals surface area contributed by atoms with E-state index in [0.29, 0.717) is 18.2 Å². The molecule has 5 heteroatoms. The zero-order valence-corrected chi connectivity index (χ0v) is 11.8. The average molecular weight is 295 g/mol. The number of nitrogens with one attached hydrogen (secondary N) is 1. The third-order valence-electron chi connectivity index (χ3n) is 3.08. The van der Waals surface area contributed by atoms with E-state index in [1.165, 1.54) is 6.07 Å². The van der Waals surface area contributed by atoms with E-state index >= 15 is 0 Å². The van der Waals surface area contributed by atoms with Crippen LogP contribution in [0.3, 0.4) is 0 Å². The quantitative estimate of drug-likeness (QED) is 0.872. The maximum absolute atomic E-state index is 14.0. The summed E-state index contributed by atoms with van der Waals surface area (Å²) in [6.45, 7) is 4.48. The highest BCUT2D eigenvalue weighted by molar-refractivity contribution is 5.41. The van der Waals surface area contributed by atoms with E-state index in [-0.39, 0.29) is 17.5 Å². The van der Waals surface area contributed by atoms with Crippen molar-refractivity contribution in [2.24, 2.45) is 0 Å². The highest BCUT2D eigenvalue weighted by Crippen LogP contribution is 2.33. The molecule has 1 unspecified atom stereocenters. The lowest BCUT2D eigenvalue weighted by atomic mass is 10.1. The summed E-state index contributed by atoms with van der Waals surface area (Å²) in [4.78, 5) is 0. The Hall–Kier alpha value is -2.01. The fraction of sp³-hybridized carbons (Fsp3) is 0.250. The van der Waals surface area contributed by atoms with E-state index < -0.39 is 17.5 Å². The lowest BCUT2D eigenvalue weighted by Crippen LogP contribution is -2.18. The van der Waals surface area contributed by atoms with Gasteiger partial charge in [0.1, 0.15) is 5.82 Å². The first-order valence-electron chi connectivity index (χ1n) is 6.67. The van der Waals surface area contributed by atoms with Crippen molar-refractivity contribution >= 4 is 0 Å². The van der Waals surface area contributed by atoms with Gasteiger partial charge in [0, 0.05) is 17.7 Å². The molecule has 2 aromatic carbocycles. The lowest BCUT2D eigenvalue weighted by Gasteiger charge is -2.18. The van der Waals surface area contributed by atoms with E-state index in [0.717, 1.165) is 12.1 Å². The summed E-state index contributed by atoms with van der Waals surface area (Å²) in [6, 6.07) is 7.23. The standard InChI is InChI=1S/C16H16F3NO/c1-3-20-10(2)12-5-4-6-13(18)16(12)21-15-8-7-11(17)9-14(15)19/h4-10,20H,3H2,1-2H3. The van der Waals surface area contributed by atoms with E-state index in [1.807, 2.05) is 13.8 Å². The highest BCUT2D eigenvalue weighted by atomic mass is 19.1. The summed E-state index contributed by atoms with van der Waals surface area (Å²) in [6.07, 6.45) is 0. The van der Waals surface area contributed by atoms with Crippen LogP contribution in [-0.2, 0) is 0 Å². The molecule has 1 atom stereocenters. The van der Waals surface area contributed by atoms with Gasteiger partial charge in [-0.2, -0.15) is 0 Å². The minimum Gasteiger partial charge on any atom is -0.451 e. The van der Waals surface area contributed by atoms with Gasteiger partial charge in [0.05, 0.1) is 0 Å². The zero-order chi connectivity index (χ0) is 15.4. The highest BCUT2D eigenvalue weighted by Gasteiger charge is 2.17. The molecule has 0 spiro atoms. The minimum absolute atomic E-state index is 0.0588. The van der Waals surface area contributed by atoms with Gasteiger partial charge >= 0.3 is 0 Å². The van der Waals surface area contributed by atoms with Crippen molar-refractivity contribution in [3.8, 4) is 11.5 Å². The summed E-state index contributed by atoms with van der Waals surface area (Å²) >= 11 is 0. The summed E-state index contributed by atoms with van der Waals surface area (Å²) in [5.74, 6) is -2.46. The molecule has 1 N–H and O–H groups in total. The van der Waals surface area contributed by atoms with Gasteiger partial charge in [0.15, 0.2) is 23.1 Å². The maximum atomic E-state index is 14.0. The molecule has 112 valence electrons. The maximum Gasteiger partial charge on any atom is 0.168 e. The van der Waals surface area contributed by atoms with Gasteiger partial charge in [-0.3, -0.25) is 0 Å². The van der Waals surface area contributed by atoms with E-state index in [9.17, 15) is 13.2 Å². The second-order valence-electron chi connectivity index (χ2n) is 4.61. The molecule has 0 bridgehead atoms. The molecule has 0 aliphatic heterocycles. The number of hydrogen-bond donors (Lipinski definition) is 1. The second-order valence-corrected chi connectivity index (χ2v) is 4.61. The van der Waals surface area contributed by atoms with Crippen LogP contribution in [0.15, 0.2) is 36.4 Å². The summed E-state index contributed by atoms with van der Waals surface area (Å²) in [5.41, 5.74) is 0.570. The van der Waals surface area contributed by atoms with Crippen molar-refractivity contribution in [2.75, 3.05) is 6.54 Å². The molecule has 2 rings (SSSR count). The molecule has 0 aromatic heterocycles. The Morgan fingerprint density at radius 3 is 2.52 bits per heavy atom. The molecule has 2 aromatic rings. The Kier molecular flexibility index (Phi) is 4.85. The van der Waals surface area contributed by atoms with Crippen LogP contribution < -0.4 is 10.1 Å². The molecule has 0 heterocycles. The monoisotopic (exact) mass is 295 g/mol. The van der Waals surface area contributed by atoms with E-state index in [2.05, 4.69) is 5.32 Å². The normalized spacial score (nSPS) is 12.2. The molecule has 0 aliphatic rings. The lowest BCUT2D eigenvalue weighted by molar-refractivity contribution is 0.400. The summed E-state index contributed by atoms with van der Waals surface area (Å²) in [5, 5.41) is 3.14. The molecule has 0 aliphatic carbocycles. The third-order valence-corrected chi connectivity index (χ3v) is 3.08. The van der Waals surface area contributed by atoms with E-state index in [1.54, 1.807) is 12.1 Å². The fourth-order valence-corrected chi connectivity index (χ4v) is 2.06. The van der Waals surface area contributed by atoms with Crippen LogP contribution >= 0.6 is 0 Å². The summed E-state index contributed by atoms with van der Waals surface area (Å²) in [7, 11) is 0. The van der Waals surface area contributed by atoms with Gasteiger partial charge in [0.2, 0.25) is 0 Å². The van der Waals surface area contributed by atoms with Gasteiger partial charge in [-0.15, -0.1) is 0 Å². The molecule has 0 fully saturated rings. The van der Waals surface area contributed by atoms with Crippen molar-refractivity contribution in [3.05, 3.63) is 59.4 Å². The van der Waals surface area contributed by atoms with Crippen LogP contribution in [0.2, 0.25) is 0 Å². The predicted octanol–water partition coefficient (Wildman–Crippen LogP) is 4.57. The van der Waals surface area contributed by atoms with Crippen LogP contribution in [0.25, 0.3) is 0 Å². The predicted molar refractivity (Wildman–Crippen MR) is 74.9 cm³/mol. The van der Waals surface area contributed by atoms with Crippen molar-refractivity contribution in [1.82, 2.24) is 5.32 Å². The molecule has 21 heavy (non-hydrogen) atoms. The van der Waals surface area contributed by atoms with Crippen LogP contribution in [0.1, 0.15) is 25.5 Å². The van der Waals surface area contributed by atoms with Crippen LogP contribution in [0.4, 0.5) is 13.2 Å². The Morgan fingerprint density at radius 2 is 1.86 bits per heavy atom. The molecule has 0 saturated heterocycles. The number of hydrogen-bond acceptors (Lipinski definition) is 2. The molecule has 0 saturated carbocycles. The van der Waals surface area contributed by atoms with Crippen molar-refractivity contribution in [3.63, 3.8) is 0 Å². The summed E-state index contributed by atoms with van der Waals surface area (Å²) < 4.78 is 45.9. The Bertz CT molecular complexity index is 631. The third kappa shape index (κ3) is 3.55. The van der Waals surface area contributed by atoms with E-state index in [4.69, 9.17) is 4.74 Å². The van der Waals surface area contributed by atoms with Crippen molar-refractivity contribution < 1.29 is 17.9 Å². The molecule has 0 amide bonds. The zero-order valence-electron chi connectivity index (χ0n) is 11.8. The van der Waals surface area contributed by atoms with Gasteiger partial charge in [-0.25, -0.2) is 13.2 Å². The smallest absolute Gasteiger partial charge is 0.168 e. The average Bonchev–Trinajstić information content (AvgIpc) is 2.43. The Labute approximate surface area is 121 Å². The van der Waals surface area contributed by atoms with Gasteiger partial charge in [-0.1, -0.05) is 19.1 Å². The van der Waals surface area contributed by atoms with Crippen LogP contribution in [-0.4, -0.2) is 6.54 Å². The van der Waals surface area contributed by atoms with Crippen LogP contribution in [0, 0.1) is 17.5 Å². The first-order valence-corrected chi connectivity index (χ1v) is 6.67. The van der Waals surface area contributed by atoms with Crippen molar-refractivity contribution in [1.29, 1.82) is 0 Å². The van der Waals surface area contributed by atoms with Gasteiger partial charge < -0.3 is 10.1 Å². The molecule has 2 nitrogen and oxygen atoms in total. The number of benzene rings is 2. The fourth-order valence-electron chi connectivity index (χ4n) is 2.06. The molecular weight excluding hydrogens is 279 g/mol. The SMILES string of the molecule is CCNC(C)c1cccc(F)c1Oc1ccc(F)cc1F. The topological polar surface area (TPSA) is 21.3 Å². The Balaban J connectivity index is 2.38. The second kappa shape index (κ2) is 6.63. The number of para-hydroxylation sites is 1. The van der Waals surface area contributed by atoms with Crippen LogP contribution in [0.5, 0.6) is 11.5 Å². The molecule has 0 radical (unpaired) electrons. The van der Waals surface area contributed by atoms with Gasteiger partial charge in [-0.05, 0) is 31.7 Å². The number of ether oxygens (including phenoxy) is 1. The number of halogens is 3. The van der Waals surface area contributed by atoms with Crippen molar-refractivity contribution in [2.45, 2.75) is 19.9 Å².